The molecule has 0 aromatic heterocycles. The molecule has 2 atom stereocenters. The molecular weight excluding hydrogens is 735 g/mol. The molecule has 3 nitrogen and oxygen atoms in total. The van der Waals surface area contributed by atoms with Crippen molar-refractivity contribution in [3.63, 3.8) is 0 Å². The van der Waals surface area contributed by atoms with Gasteiger partial charge in [0.1, 0.15) is 11.5 Å². The molecule has 0 aliphatic heterocycles. The molecule has 0 saturated carbocycles. The summed E-state index contributed by atoms with van der Waals surface area (Å²) in [6.07, 6.45) is 0.162. The standard InChI is InChI=1S/C54H60F2O3/c1-51(2,3)39-23-27-41(28-24-39)53(7,8)49(35-37-21-31-45(55)47(33-37)57-43-17-13-11-14-18-43)59-50(54(9,10)42-29-25-40(26-30-42)52(4,5)6)36-38-22-32-46(56)48(34-38)58-44-19-15-12-16-20-44/h11-34,49-50H,35-36H2,1-10H3. The van der Waals surface area contributed by atoms with Crippen molar-refractivity contribution in [2.45, 2.75) is 116 Å². The number of para-hydroxylation sites is 2. The Labute approximate surface area is 351 Å². The van der Waals surface area contributed by atoms with Crippen LogP contribution in [0.3, 0.4) is 0 Å². The number of ether oxygens (including phenoxy) is 3. The second-order valence-electron chi connectivity index (χ2n) is 19.0. The Bertz CT molecular complexity index is 2120. The average molecular weight is 795 g/mol. The third-order valence-electron chi connectivity index (χ3n) is 11.7. The summed E-state index contributed by atoms with van der Waals surface area (Å²) in [5.74, 6) is 0.569. The van der Waals surface area contributed by atoms with E-state index in [1.807, 2.05) is 72.8 Å². The van der Waals surface area contributed by atoms with E-state index < -0.39 is 34.7 Å². The van der Waals surface area contributed by atoms with E-state index in [0.29, 0.717) is 24.3 Å². The largest absolute Gasteiger partial charge is 0.454 e. The van der Waals surface area contributed by atoms with Crippen molar-refractivity contribution in [1.82, 2.24) is 0 Å². The molecule has 0 N–H and O–H groups in total. The summed E-state index contributed by atoms with van der Waals surface area (Å²) >= 11 is 0. The van der Waals surface area contributed by atoms with Crippen LogP contribution < -0.4 is 9.47 Å². The molecule has 0 amide bonds. The van der Waals surface area contributed by atoms with Crippen molar-refractivity contribution >= 4 is 0 Å². The van der Waals surface area contributed by atoms with Crippen LogP contribution in [0.2, 0.25) is 0 Å². The molecule has 5 heteroatoms. The number of rotatable bonds is 14. The SMILES string of the molecule is CC(C)(C)c1ccc(C(C)(C)C(Cc2ccc(F)c(Oc3ccccc3)c2)OC(Cc2ccc(F)c(Oc3ccccc3)c2)C(C)(C)c2ccc(C(C)(C)C)cc2)cc1. The fraction of sp³-hybridized carbons (Fsp3) is 0.333. The van der Waals surface area contributed by atoms with E-state index in [1.165, 1.54) is 23.3 Å². The Kier molecular flexibility index (Phi) is 12.9. The van der Waals surface area contributed by atoms with Gasteiger partial charge >= 0.3 is 0 Å². The molecule has 0 bridgehead atoms. The number of hydrogen-bond donors (Lipinski definition) is 0. The molecule has 0 saturated heterocycles. The first kappa shape index (κ1) is 43.3. The van der Waals surface area contributed by atoms with Crippen LogP contribution in [0.1, 0.15) is 103 Å². The fourth-order valence-electron chi connectivity index (χ4n) is 7.48. The molecule has 6 aromatic carbocycles. The predicted molar refractivity (Wildman–Crippen MR) is 238 cm³/mol. The lowest BCUT2D eigenvalue weighted by Crippen LogP contribution is -2.46. The molecule has 0 heterocycles. The normalized spacial score (nSPS) is 13.5. The van der Waals surface area contributed by atoms with Crippen LogP contribution in [0, 0.1) is 11.6 Å². The molecule has 0 fully saturated rings. The zero-order valence-electron chi connectivity index (χ0n) is 36.4. The zero-order chi connectivity index (χ0) is 42.6. The quantitative estimate of drug-likeness (QED) is 0.110. The van der Waals surface area contributed by atoms with Gasteiger partial charge in [0.05, 0.1) is 12.2 Å². The minimum absolute atomic E-state index is 0.00225. The van der Waals surface area contributed by atoms with E-state index >= 15 is 8.78 Å². The van der Waals surface area contributed by atoms with Crippen molar-refractivity contribution in [2.75, 3.05) is 0 Å². The molecule has 0 radical (unpaired) electrons. The summed E-state index contributed by atoms with van der Waals surface area (Å²) in [5.41, 5.74) is 5.49. The van der Waals surface area contributed by atoms with Gasteiger partial charge < -0.3 is 14.2 Å². The van der Waals surface area contributed by atoms with Gasteiger partial charge in [0.15, 0.2) is 23.1 Å². The molecule has 6 rings (SSSR count). The third-order valence-corrected chi connectivity index (χ3v) is 11.7. The highest BCUT2D eigenvalue weighted by molar-refractivity contribution is 5.40. The minimum Gasteiger partial charge on any atom is -0.454 e. The summed E-state index contributed by atoms with van der Waals surface area (Å²) in [7, 11) is 0. The van der Waals surface area contributed by atoms with E-state index in [9.17, 15) is 0 Å². The van der Waals surface area contributed by atoms with Crippen LogP contribution in [0.15, 0.2) is 146 Å². The third kappa shape index (κ3) is 10.7. The van der Waals surface area contributed by atoms with Gasteiger partial charge in [-0.3, -0.25) is 0 Å². The summed E-state index contributed by atoms with van der Waals surface area (Å²) in [6, 6.07) is 46.4. The molecular formula is C54H60F2O3. The van der Waals surface area contributed by atoms with Crippen LogP contribution in [0.5, 0.6) is 23.0 Å². The van der Waals surface area contributed by atoms with Crippen molar-refractivity contribution in [2.24, 2.45) is 0 Å². The van der Waals surface area contributed by atoms with E-state index in [1.54, 1.807) is 12.1 Å². The van der Waals surface area contributed by atoms with Crippen LogP contribution in [-0.4, -0.2) is 12.2 Å². The van der Waals surface area contributed by atoms with Gasteiger partial charge in [-0.25, -0.2) is 8.78 Å². The lowest BCUT2D eigenvalue weighted by molar-refractivity contribution is -0.0753. The summed E-state index contributed by atoms with van der Waals surface area (Å²) in [6.45, 7) is 22.2. The fourth-order valence-corrected chi connectivity index (χ4v) is 7.48. The van der Waals surface area contributed by atoms with Gasteiger partial charge in [-0.2, -0.15) is 0 Å². The Hall–Kier alpha value is -5.26. The first-order valence-corrected chi connectivity index (χ1v) is 20.7. The van der Waals surface area contributed by atoms with Crippen LogP contribution in [0.25, 0.3) is 0 Å². The number of benzene rings is 6. The van der Waals surface area contributed by atoms with E-state index in [-0.39, 0.29) is 22.3 Å². The van der Waals surface area contributed by atoms with E-state index in [0.717, 1.165) is 22.3 Å². The Morgan fingerprint density at radius 2 is 0.729 bits per heavy atom. The molecule has 2 unspecified atom stereocenters. The van der Waals surface area contributed by atoms with Gasteiger partial charge in [-0.1, -0.05) is 166 Å². The lowest BCUT2D eigenvalue weighted by Gasteiger charge is -2.43. The molecule has 59 heavy (non-hydrogen) atoms. The highest BCUT2D eigenvalue weighted by atomic mass is 19.1. The van der Waals surface area contributed by atoms with Gasteiger partial charge in [-0.05, 0) is 106 Å². The molecule has 308 valence electrons. The maximum Gasteiger partial charge on any atom is 0.165 e. The first-order valence-electron chi connectivity index (χ1n) is 20.7. The van der Waals surface area contributed by atoms with Gasteiger partial charge in [0.25, 0.3) is 0 Å². The molecule has 0 aliphatic carbocycles. The molecule has 0 aliphatic rings. The van der Waals surface area contributed by atoms with Gasteiger partial charge in [0, 0.05) is 10.8 Å². The van der Waals surface area contributed by atoms with Gasteiger partial charge in [-0.15, -0.1) is 0 Å². The van der Waals surface area contributed by atoms with Crippen molar-refractivity contribution in [3.8, 4) is 23.0 Å². The van der Waals surface area contributed by atoms with E-state index in [2.05, 4.69) is 118 Å². The van der Waals surface area contributed by atoms with Crippen LogP contribution in [-0.2, 0) is 39.2 Å². The zero-order valence-corrected chi connectivity index (χ0v) is 36.4. The van der Waals surface area contributed by atoms with Crippen LogP contribution >= 0.6 is 0 Å². The summed E-state index contributed by atoms with van der Waals surface area (Å²) in [4.78, 5) is 0. The maximum atomic E-state index is 15.3. The van der Waals surface area contributed by atoms with Gasteiger partial charge in [0.2, 0.25) is 0 Å². The second kappa shape index (κ2) is 17.5. The number of halogens is 2. The average Bonchev–Trinajstić information content (AvgIpc) is 3.20. The number of hydrogen-bond acceptors (Lipinski definition) is 3. The monoisotopic (exact) mass is 794 g/mol. The smallest absolute Gasteiger partial charge is 0.165 e. The highest BCUT2D eigenvalue weighted by Gasteiger charge is 2.40. The van der Waals surface area contributed by atoms with E-state index in [4.69, 9.17) is 14.2 Å². The predicted octanol–water partition coefficient (Wildman–Crippen LogP) is 14.6. The Balaban J connectivity index is 1.44. The second-order valence-corrected chi connectivity index (χ2v) is 19.0. The first-order chi connectivity index (χ1) is 27.8. The molecule has 6 aromatic rings. The van der Waals surface area contributed by atoms with Crippen molar-refractivity contribution in [3.05, 3.63) is 191 Å². The summed E-state index contributed by atoms with van der Waals surface area (Å²) < 4.78 is 50.4. The highest BCUT2D eigenvalue weighted by Crippen LogP contribution is 2.40. The lowest BCUT2D eigenvalue weighted by atomic mass is 9.73. The molecule has 0 spiro atoms. The summed E-state index contributed by atoms with van der Waals surface area (Å²) in [5, 5.41) is 0. The van der Waals surface area contributed by atoms with Crippen molar-refractivity contribution in [1.29, 1.82) is 0 Å². The topological polar surface area (TPSA) is 27.7 Å². The Morgan fingerprint density at radius 1 is 0.407 bits per heavy atom. The Morgan fingerprint density at radius 3 is 1.05 bits per heavy atom. The van der Waals surface area contributed by atoms with Crippen molar-refractivity contribution < 1.29 is 23.0 Å². The minimum atomic E-state index is -0.514. The maximum absolute atomic E-state index is 15.3. The van der Waals surface area contributed by atoms with Crippen LogP contribution in [0.4, 0.5) is 8.78 Å².